The van der Waals surface area contributed by atoms with Crippen molar-refractivity contribution in [3.63, 3.8) is 0 Å². The second-order valence-corrected chi connectivity index (χ2v) is 8.44. The average molecular weight is 487 g/mol. The van der Waals surface area contributed by atoms with Crippen molar-refractivity contribution in [2.45, 2.75) is 32.6 Å². The molecule has 0 bridgehead atoms. The van der Waals surface area contributed by atoms with Crippen molar-refractivity contribution < 1.29 is 23.8 Å². The van der Waals surface area contributed by atoms with Gasteiger partial charge in [-0.05, 0) is 54.4 Å². The monoisotopic (exact) mass is 486 g/mol. The fourth-order valence-electron chi connectivity index (χ4n) is 3.86. The molecule has 0 spiro atoms. The van der Waals surface area contributed by atoms with Crippen molar-refractivity contribution >= 4 is 5.97 Å². The second kappa shape index (κ2) is 11.5. The van der Waals surface area contributed by atoms with E-state index in [1.165, 1.54) is 0 Å². The molecule has 6 nitrogen and oxygen atoms in total. The standard InChI is InChI=1S/C29H27FN2O4/c1-19(31)25-9-6-10-26(29(25)30)22-13-20(14-24(15-22)35-18-23-8-4-5-12-32-23)17-36-27-11-3-2-7-21(27)16-28(33)34/h2-15,19H,16-18,31H2,1H3,(H,33,34)/t19-/m0/s1. The smallest absolute Gasteiger partial charge is 0.307 e. The highest BCUT2D eigenvalue weighted by atomic mass is 19.1. The molecule has 1 atom stereocenters. The number of nitrogens with zero attached hydrogens (tertiary/aromatic N) is 1. The number of carbonyl (C=O) groups is 1. The summed E-state index contributed by atoms with van der Waals surface area (Å²) >= 11 is 0. The molecule has 1 aromatic heterocycles. The van der Waals surface area contributed by atoms with E-state index in [0.29, 0.717) is 33.8 Å². The van der Waals surface area contributed by atoms with Crippen molar-refractivity contribution in [2.75, 3.05) is 0 Å². The molecule has 1 heterocycles. The number of ether oxygens (including phenoxy) is 2. The Kier molecular flexibility index (Phi) is 7.92. The van der Waals surface area contributed by atoms with Gasteiger partial charge in [0.15, 0.2) is 0 Å². The van der Waals surface area contributed by atoms with Crippen LogP contribution in [0.15, 0.2) is 85.1 Å². The lowest BCUT2D eigenvalue weighted by Gasteiger charge is -2.15. The van der Waals surface area contributed by atoms with E-state index in [2.05, 4.69) is 4.98 Å². The first-order valence-corrected chi connectivity index (χ1v) is 11.5. The van der Waals surface area contributed by atoms with E-state index < -0.39 is 12.0 Å². The van der Waals surface area contributed by atoms with Crippen molar-refractivity contribution in [3.8, 4) is 22.6 Å². The van der Waals surface area contributed by atoms with Gasteiger partial charge in [0.05, 0.1) is 12.1 Å². The summed E-state index contributed by atoms with van der Waals surface area (Å²) in [5, 5.41) is 9.19. The highest BCUT2D eigenvalue weighted by molar-refractivity contribution is 5.71. The lowest BCUT2D eigenvalue weighted by molar-refractivity contribution is -0.136. The summed E-state index contributed by atoms with van der Waals surface area (Å²) in [5.41, 5.74) is 9.47. The Morgan fingerprint density at radius 3 is 2.56 bits per heavy atom. The molecule has 0 unspecified atom stereocenters. The zero-order valence-corrected chi connectivity index (χ0v) is 19.9. The molecule has 0 radical (unpaired) electrons. The van der Waals surface area contributed by atoms with Crippen LogP contribution in [0.5, 0.6) is 11.5 Å². The van der Waals surface area contributed by atoms with E-state index in [-0.39, 0.29) is 25.5 Å². The minimum atomic E-state index is -0.942. The van der Waals surface area contributed by atoms with Gasteiger partial charge in [0.25, 0.3) is 0 Å². The van der Waals surface area contributed by atoms with E-state index in [1.54, 1.807) is 61.7 Å². The van der Waals surface area contributed by atoms with Crippen LogP contribution in [0.3, 0.4) is 0 Å². The number of hydrogen-bond donors (Lipinski definition) is 2. The Labute approximate surface area is 209 Å². The largest absolute Gasteiger partial charge is 0.489 e. The number of aromatic nitrogens is 1. The molecule has 4 rings (SSSR count). The molecule has 0 aliphatic carbocycles. The number of rotatable bonds is 10. The minimum absolute atomic E-state index is 0.138. The average Bonchev–Trinajstić information content (AvgIpc) is 2.87. The van der Waals surface area contributed by atoms with Gasteiger partial charge in [0.1, 0.15) is 30.5 Å². The fourth-order valence-corrected chi connectivity index (χ4v) is 3.86. The summed E-state index contributed by atoms with van der Waals surface area (Å²) < 4.78 is 27.3. The Morgan fingerprint density at radius 1 is 1.00 bits per heavy atom. The number of para-hydroxylation sites is 1. The maximum atomic E-state index is 15.3. The Balaban J connectivity index is 1.66. The SMILES string of the molecule is C[C@H](N)c1cccc(-c2cc(COc3ccccc3CC(=O)O)cc(OCc3ccccn3)c2)c1F. The maximum Gasteiger partial charge on any atom is 0.307 e. The van der Waals surface area contributed by atoms with Crippen molar-refractivity contribution in [1.29, 1.82) is 0 Å². The van der Waals surface area contributed by atoms with Gasteiger partial charge in [0.2, 0.25) is 0 Å². The summed E-state index contributed by atoms with van der Waals surface area (Å²) in [6.07, 6.45) is 1.54. The highest BCUT2D eigenvalue weighted by Crippen LogP contribution is 2.32. The molecule has 7 heteroatoms. The molecule has 0 aliphatic rings. The normalized spacial score (nSPS) is 11.6. The van der Waals surface area contributed by atoms with Crippen LogP contribution in [0.25, 0.3) is 11.1 Å². The van der Waals surface area contributed by atoms with Crippen LogP contribution < -0.4 is 15.2 Å². The van der Waals surface area contributed by atoms with Gasteiger partial charge in [-0.2, -0.15) is 0 Å². The molecular weight excluding hydrogens is 459 g/mol. The molecule has 3 N–H and O–H groups in total. The molecule has 3 aromatic carbocycles. The van der Waals surface area contributed by atoms with Crippen molar-refractivity contribution in [3.05, 3.63) is 113 Å². The first-order valence-electron chi connectivity index (χ1n) is 11.5. The molecule has 0 amide bonds. The number of pyridine rings is 1. The molecule has 0 saturated heterocycles. The van der Waals surface area contributed by atoms with Crippen LogP contribution in [0, 0.1) is 5.82 Å². The van der Waals surface area contributed by atoms with E-state index in [1.807, 2.05) is 30.3 Å². The fraction of sp³-hybridized carbons (Fsp3) is 0.172. The van der Waals surface area contributed by atoms with Crippen LogP contribution in [0.1, 0.15) is 35.3 Å². The lowest BCUT2D eigenvalue weighted by Crippen LogP contribution is -2.08. The van der Waals surface area contributed by atoms with Crippen LogP contribution in [0.4, 0.5) is 4.39 Å². The number of aliphatic carboxylic acids is 1. The first-order chi connectivity index (χ1) is 17.4. The van der Waals surface area contributed by atoms with E-state index in [0.717, 1.165) is 11.3 Å². The van der Waals surface area contributed by atoms with Crippen LogP contribution in [-0.4, -0.2) is 16.1 Å². The number of carboxylic acid groups (broad SMARTS) is 1. The Morgan fingerprint density at radius 2 is 1.81 bits per heavy atom. The topological polar surface area (TPSA) is 94.7 Å². The summed E-state index contributed by atoms with van der Waals surface area (Å²) in [6.45, 7) is 2.12. The quantitative estimate of drug-likeness (QED) is 0.299. The molecule has 184 valence electrons. The molecule has 0 saturated carbocycles. The van der Waals surface area contributed by atoms with Crippen molar-refractivity contribution in [1.82, 2.24) is 4.98 Å². The molecule has 0 aliphatic heterocycles. The third kappa shape index (κ3) is 6.25. The van der Waals surface area contributed by atoms with Gasteiger partial charge in [-0.25, -0.2) is 4.39 Å². The summed E-state index contributed by atoms with van der Waals surface area (Å²) in [5.74, 6) is -0.316. The van der Waals surface area contributed by atoms with E-state index >= 15 is 4.39 Å². The van der Waals surface area contributed by atoms with Crippen molar-refractivity contribution in [2.24, 2.45) is 5.73 Å². The van der Waals surface area contributed by atoms with E-state index in [4.69, 9.17) is 15.2 Å². The Hall–Kier alpha value is -4.23. The van der Waals surface area contributed by atoms with Gasteiger partial charge < -0.3 is 20.3 Å². The summed E-state index contributed by atoms with van der Waals surface area (Å²) in [6, 6.07) is 22.7. The zero-order valence-electron chi connectivity index (χ0n) is 19.9. The zero-order chi connectivity index (χ0) is 25.5. The number of benzene rings is 3. The first kappa shape index (κ1) is 24.9. The predicted molar refractivity (Wildman–Crippen MR) is 135 cm³/mol. The number of hydrogen-bond acceptors (Lipinski definition) is 5. The molecule has 4 aromatic rings. The summed E-state index contributed by atoms with van der Waals surface area (Å²) in [4.78, 5) is 15.5. The number of carboxylic acids is 1. The molecule has 0 fully saturated rings. The number of halogens is 1. The van der Waals surface area contributed by atoms with E-state index in [9.17, 15) is 9.90 Å². The highest BCUT2D eigenvalue weighted by Gasteiger charge is 2.15. The third-order valence-corrected chi connectivity index (χ3v) is 5.62. The van der Waals surface area contributed by atoms with Gasteiger partial charge in [-0.3, -0.25) is 9.78 Å². The Bertz CT molecular complexity index is 1340. The number of nitrogens with two attached hydrogens (primary N) is 1. The van der Waals surface area contributed by atoms with Crippen LogP contribution >= 0.6 is 0 Å². The molecular formula is C29H27FN2O4. The van der Waals surface area contributed by atoms with Gasteiger partial charge in [-0.1, -0.05) is 42.5 Å². The lowest BCUT2D eigenvalue weighted by atomic mass is 9.97. The summed E-state index contributed by atoms with van der Waals surface area (Å²) in [7, 11) is 0. The second-order valence-electron chi connectivity index (χ2n) is 8.44. The van der Waals surface area contributed by atoms with Gasteiger partial charge >= 0.3 is 5.97 Å². The third-order valence-electron chi connectivity index (χ3n) is 5.62. The molecule has 36 heavy (non-hydrogen) atoms. The van der Waals surface area contributed by atoms with Crippen LogP contribution in [-0.2, 0) is 24.4 Å². The minimum Gasteiger partial charge on any atom is -0.489 e. The van der Waals surface area contributed by atoms with Crippen LogP contribution in [0.2, 0.25) is 0 Å². The predicted octanol–water partition coefficient (Wildman–Crippen LogP) is 5.69. The van der Waals surface area contributed by atoms with Gasteiger partial charge in [-0.15, -0.1) is 0 Å². The maximum absolute atomic E-state index is 15.3. The van der Waals surface area contributed by atoms with Gasteiger partial charge in [0, 0.05) is 28.9 Å².